The second kappa shape index (κ2) is 4.40. The van der Waals surface area contributed by atoms with Crippen LogP contribution in [-0.4, -0.2) is 35.9 Å². The molecular formula is C11H15N3O. The molecule has 4 heteroatoms. The molecule has 0 saturated carbocycles. The van der Waals surface area contributed by atoms with Crippen molar-refractivity contribution in [2.24, 2.45) is 0 Å². The Morgan fingerprint density at radius 3 is 3.13 bits per heavy atom. The molecule has 2 heterocycles. The molecule has 0 spiro atoms. The summed E-state index contributed by atoms with van der Waals surface area (Å²) in [5.74, 6) is 0.103. The molecule has 1 amide bonds. The average molecular weight is 205 g/mol. The predicted molar refractivity (Wildman–Crippen MR) is 57.2 cm³/mol. The number of hydrogen-bond donors (Lipinski definition) is 1. The van der Waals surface area contributed by atoms with Crippen LogP contribution in [-0.2, 0) is 4.79 Å². The molecule has 1 aliphatic rings. The number of nitrogens with zero attached hydrogens (tertiary/aromatic N) is 2. The molecule has 4 nitrogen and oxygen atoms in total. The number of aromatic nitrogens is 1. The van der Waals surface area contributed by atoms with Crippen LogP contribution in [0.4, 0.5) is 0 Å². The van der Waals surface area contributed by atoms with E-state index in [1.54, 1.807) is 11.1 Å². The van der Waals surface area contributed by atoms with Gasteiger partial charge in [-0.25, -0.2) is 0 Å². The molecule has 80 valence electrons. The van der Waals surface area contributed by atoms with E-state index >= 15 is 0 Å². The first kappa shape index (κ1) is 10.1. The Balaban J connectivity index is 2.23. The number of rotatable bonds is 1. The van der Waals surface area contributed by atoms with E-state index in [1.807, 2.05) is 25.2 Å². The van der Waals surface area contributed by atoms with Crippen LogP contribution in [0.2, 0.25) is 0 Å². The van der Waals surface area contributed by atoms with Crippen molar-refractivity contribution >= 4 is 5.91 Å². The maximum atomic E-state index is 12.0. The zero-order chi connectivity index (χ0) is 10.7. The lowest BCUT2D eigenvalue weighted by Crippen LogP contribution is -2.35. The Labute approximate surface area is 89.3 Å². The lowest BCUT2D eigenvalue weighted by atomic mass is 10.1. The van der Waals surface area contributed by atoms with Crippen molar-refractivity contribution in [3.8, 4) is 0 Å². The minimum absolute atomic E-state index is 0.103. The van der Waals surface area contributed by atoms with Crippen LogP contribution in [0.15, 0.2) is 24.4 Å². The summed E-state index contributed by atoms with van der Waals surface area (Å²) in [5, 5.41) is 3.22. The first-order valence-corrected chi connectivity index (χ1v) is 5.18. The summed E-state index contributed by atoms with van der Waals surface area (Å²) in [6.07, 6.45) is 2.71. The summed E-state index contributed by atoms with van der Waals surface area (Å²) in [6.45, 7) is 1.67. The Bertz CT molecular complexity index is 339. The summed E-state index contributed by atoms with van der Waals surface area (Å²) in [7, 11) is 1.84. The highest BCUT2D eigenvalue weighted by Gasteiger charge is 2.26. The molecule has 1 saturated heterocycles. The monoisotopic (exact) mass is 205 g/mol. The minimum atomic E-state index is -0.279. The zero-order valence-electron chi connectivity index (χ0n) is 8.81. The smallest absolute Gasteiger partial charge is 0.245 e. The Hall–Kier alpha value is -1.42. The summed E-state index contributed by atoms with van der Waals surface area (Å²) < 4.78 is 0. The summed E-state index contributed by atoms with van der Waals surface area (Å²) >= 11 is 0. The van der Waals surface area contributed by atoms with Gasteiger partial charge in [0, 0.05) is 19.8 Å². The van der Waals surface area contributed by atoms with Gasteiger partial charge in [0.1, 0.15) is 6.04 Å². The number of pyridine rings is 1. The fourth-order valence-corrected chi connectivity index (χ4v) is 1.76. The fraction of sp³-hybridized carbons (Fsp3) is 0.455. The van der Waals surface area contributed by atoms with E-state index in [9.17, 15) is 4.79 Å². The van der Waals surface area contributed by atoms with E-state index in [-0.39, 0.29) is 11.9 Å². The maximum absolute atomic E-state index is 12.0. The van der Waals surface area contributed by atoms with Crippen molar-refractivity contribution in [2.75, 3.05) is 20.1 Å². The molecule has 1 aliphatic heterocycles. The number of likely N-dealkylation sites (N-methyl/N-ethyl adjacent to an activating group) is 1. The Morgan fingerprint density at radius 1 is 1.53 bits per heavy atom. The van der Waals surface area contributed by atoms with Gasteiger partial charge in [-0.2, -0.15) is 0 Å². The largest absolute Gasteiger partial charge is 0.344 e. The van der Waals surface area contributed by atoms with Gasteiger partial charge < -0.3 is 10.2 Å². The quantitative estimate of drug-likeness (QED) is 0.729. The SMILES string of the molecule is CN1CCCNC(c2ccccn2)C1=O. The van der Waals surface area contributed by atoms with E-state index in [0.717, 1.165) is 25.2 Å². The second-order valence-corrected chi connectivity index (χ2v) is 3.76. The van der Waals surface area contributed by atoms with Crippen LogP contribution >= 0.6 is 0 Å². The highest BCUT2D eigenvalue weighted by Crippen LogP contribution is 2.14. The van der Waals surface area contributed by atoms with Crippen molar-refractivity contribution in [3.05, 3.63) is 30.1 Å². The van der Waals surface area contributed by atoms with E-state index in [1.165, 1.54) is 0 Å². The van der Waals surface area contributed by atoms with E-state index < -0.39 is 0 Å². The molecule has 0 aromatic carbocycles. The van der Waals surface area contributed by atoms with Gasteiger partial charge in [0.05, 0.1) is 5.69 Å². The fourth-order valence-electron chi connectivity index (χ4n) is 1.76. The molecule has 1 unspecified atom stereocenters. The normalized spacial score (nSPS) is 22.6. The van der Waals surface area contributed by atoms with Gasteiger partial charge in [-0.3, -0.25) is 9.78 Å². The minimum Gasteiger partial charge on any atom is -0.344 e. The summed E-state index contributed by atoms with van der Waals surface area (Å²) in [6, 6.07) is 5.37. The van der Waals surface area contributed by atoms with Gasteiger partial charge in [0.2, 0.25) is 5.91 Å². The van der Waals surface area contributed by atoms with Gasteiger partial charge in [-0.05, 0) is 25.1 Å². The number of nitrogens with one attached hydrogen (secondary N) is 1. The maximum Gasteiger partial charge on any atom is 0.245 e. The molecule has 1 N–H and O–H groups in total. The zero-order valence-corrected chi connectivity index (χ0v) is 8.81. The standard InChI is InChI=1S/C11H15N3O/c1-14-8-4-7-13-10(11(14)15)9-5-2-3-6-12-9/h2-3,5-6,10,13H,4,7-8H2,1H3. The van der Waals surface area contributed by atoms with E-state index in [4.69, 9.17) is 0 Å². The Morgan fingerprint density at radius 2 is 2.40 bits per heavy atom. The predicted octanol–water partition coefficient (Wildman–Crippen LogP) is 0.574. The van der Waals surface area contributed by atoms with Gasteiger partial charge >= 0.3 is 0 Å². The number of hydrogen-bond acceptors (Lipinski definition) is 3. The van der Waals surface area contributed by atoms with Crippen molar-refractivity contribution in [1.29, 1.82) is 0 Å². The number of carbonyl (C=O) groups excluding carboxylic acids is 1. The molecular weight excluding hydrogens is 190 g/mol. The van der Waals surface area contributed by atoms with Crippen LogP contribution in [0.25, 0.3) is 0 Å². The van der Waals surface area contributed by atoms with Gasteiger partial charge in [0.25, 0.3) is 0 Å². The molecule has 0 radical (unpaired) electrons. The second-order valence-electron chi connectivity index (χ2n) is 3.76. The van der Waals surface area contributed by atoms with Gasteiger partial charge in [0.15, 0.2) is 0 Å². The topological polar surface area (TPSA) is 45.2 Å². The van der Waals surface area contributed by atoms with Gasteiger partial charge in [-0.15, -0.1) is 0 Å². The molecule has 0 aliphatic carbocycles. The first-order chi connectivity index (χ1) is 7.29. The van der Waals surface area contributed by atoms with Crippen LogP contribution in [0.1, 0.15) is 18.2 Å². The van der Waals surface area contributed by atoms with E-state index in [0.29, 0.717) is 0 Å². The van der Waals surface area contributed by atoms with Crippen LogP contribution in [0, 0.1) is 0 Å². The summed E-state index contributed by atoms with van der Waals surface area (Å²) in [5.41, 5.74) is 0.802. The van der Waals surface area contributed by atoms with Crippen molar-refractivity contribution < 1.29 is 4.79 Å². The third-order valence-corrected chi connectivity index (χ3v) is 2.63. The molecule has 1 aromatic heterocycles. The third-order valence-electron chi connectivity index (χ3n) is 2.63. The van der Waals surface area contributed by atoms with Crippen LogP contribution in [0.3, 0.4) is 0 Å². The highest BCUT2D eigenvalue weighted by molar-refractivity contribution is 5.82. The van der Waals surface area contributed by atoms with Crippen LogP contribution < -0.4 is 5.32 Å². The van der Waals surface area contributed by atoms with Crippen LogP contribution in [0.5, 0.6) is 0 Å². The van der Waals surface area contributed by atoms with E-state index in [2.05, 4.69) is 10.3 Å². The third kappa shape index (κ3) is 2.15. The van der Waals surface area contributed by atoms with Crippen molar-refractivity contribution in [3.63, 3.8) is 0 Å². The van der Waals surface area contributed by atoms with Crippen molar-refractivity contribution in [1.82, 2.24) is 15.2 Å². The first-order valence-electron chi connectivity index (χ1n) is 5.18. The lowest BCUT2D eigenvalue weighted by molar-refractivity contribution is -0.131. The molecule has 1 fully saturated rings. The lowest BCUT2D eigenvalue weighted by Gasteiger charge is -2.19. The molecule has 1 aromatic rings. The molecule has 1 atom stereocenters. The molecule has 15 heavy (non-hydrogen) atoms. The van der Waals surface area contributed by atoms with Gasteiger partial charge in [-0.1, -0.05) is 6.07 Å². The Kier molecular flexibility index (Phi) is 2.97. The summed E-state index contributed by atoms with van der Waals surface area (Å²) in [4.78, 5) is 18.0. The average Bonchev–Trinajstić information content (AvgIpc) is 2.44. The van der Waals surface area contributed by atoms with Crippen molar-refractivity contribution in [2.45, 2.75) is 12.5 Å². The highest BCUT2D eigenvalue weighted by atomic mass is 16.2. The molecule has 0 bridgehead atoms. The number of amides is 1. The number of carbonyl (C=O) groups is 1. The molecule has 2 rings (SSSR count).